The van der Waals surface area contributed by atoms with Crippen molar-refractivity contribution in [3.05, 3.63) is 64.9 Å². The monoisotopic (exact) mass is 725 g/mol. The number of imide groups is 1. The molecule has 2 bridgehead atoms. The van der Waals surface area contributed by atoms with Gasteiger partial charge in [0, 0.05) is 40.9 Å². The molecule has 232 valence electrons. The second-order valence-electron chi connectivity index (χ2n) is 13.6. The topological polar surface area (TPSA) is 82.9 Å². The third-order valence-electron chi connectivity index (χ3n) is 10.5. The van der Waals surface area contributed by atoms with Gasteiger partial charge in [0.25, 0.3) is 11.8 Å². The predicted octanol–water partition coefficient (Wildman–Crippen LogP) is 7.63. The molecule has 3 fully saturated rings. The predicted molar refractivity (Wildman–Crippen MR) is 180 cm³/mol. The third kappa shape index (κ3) is 5.73. The Labute approximate surface area is 277 Å². The van der Waals surface area contributed by atoms with Crippen LogP contribution >= 0.6 is 34.6 Å². The highest BCUT2D eigenvalue weighted by molar-refractivity contribution is 14.1. The summed E-state index contributed by atoms with van der Waals surface area (Å²) < 4.78 is 7.36. The van der Waals surface area contributed by atoms with Crippen molar-refractivity contribution in [2.75, 3.05) is 0 Å². The summed E-state index contributed by atoms with van der Waals surface area (Å²) in [5.41, 5.74) is 4.03. The molecule has 2 aliphatic heterocycles. The summed E-state index contributed by atoms with van der Waals surface area (Å²) in [4.78, 5) is 40.7. The molecule has 3 unspecified atom stereocenters. The zero-order valence-corrected chi connectivity index (χ0v) is 28.4. The molecule has 3 aromatic rings. The number of halogens is 1. The minimum absolute atomic E-state index is 0.138. The van der Waals surface area contributed by atoms with Crippen molar-refractivity contribution < 1.29 is 18.8 Å². The summed E-state index contributed by atoms with van der Waals surface area (Å²) in [5, 5.41) is 5.14. The van der Waals surface area contributed by atoms with Gasteiger partial charge in [-0.1, -0.05) is 26.0 Å². The molecular weight excluding hydrogens is 685 g/mol. The highest BCUT2D eigenvalue weighted by atomic mass is 127. The van der Waals surface area contributed by atoms with Gasteiger partial charge in [-0.2, -0.15) is 0 Å². The number of rotatable bonds is 8. The Hall–Kier alpha value is -2.37. The summed E-state index contributed by atoms with van der Waals surface area (Å²) in [6.07, 6.45) is 8.64. The lowest BCUT2D eigenvalue weighted by Crippen LogP contribution is -2.51. The summed E-state index contributed by atoms with van der Waals surface area (Å²) in [6, 6.07) is 13.8. The molecule has 0 spiro atoms. The lowest BCUT2D eigenvalue weighted by Gasteiger charge is -2.49. The first-order chi connectivity index (χ1) is 21.2. The first kappa shape index (κ1) is 30.3. The highest BCUT2D eigenvalue weighted by Gasteiger charge is 2.43. The number of fused-ring (bicyclic) bond motifs is 4. The quantitative estimate of drug-likeness (QED) is 0.111. The molecule has 1 saturated heterocycles. The summed E-state index contributed by atoms with van der Waals surface area (Å²) in [6.45, 7) is 6.04. The van der Waals surface area contributed by atoms with Crippen LogP contribution in [-0.2, 0) is 28.4 Å². The number of nitrogens with one attached hydrogen (secondary N) is 1. The number of carbonyl (C=O) groups excluding carboxylic acids is 3. The van der Waals surface area contributed by atoms with Crippen LogP contribution in [0, 0.1) is 17.8 Å². The fourth-order valence-electron chi connectivity index (χ4n) is 8.48. The number of hydrogen-bond donors (Lipinski definition) is 1. The molecule has 2 aromatic carbocycles. The SMILES string of the molecule is CCC1(NCc2ccc3oc(CSc4cccc5c4CN(C4CCC(=O)N(I)C4=O)C5=O)cc3c2)CC2CC(C)CC(C2)C1. The molecule has 7 nitrogen and oxygen atoms in total. The minimum atomic E-state index is -0.602. The van der Waals surface area contributed by atoms with E-state index in [4.69, 9.17) is 4.42 Å². The van der Waals surface area contributed by atoms with Crippen molar-refractivity contribution in [1.82, 2.24) is 13.3 Å². The number of furan rings is 1. The maximum atomic E-state index is 13.3. The van der Waals surface area contributed by atoms with Crippen molar-refractivity contribution in [3.63, 3.8) is 0 Å². The van der Waals surface area contributed by atoms with E-state index in [0.717, 1.165) is 54.6 Å². The fraction of sp³-hybridized carbons (Fsp3) is 0.514. The van der Waals surface area contributed by atoms with Crippen molar-refractivity contribution in [2.24, 2.45) is 17.8 Å². The lowest BCUT2D eigenvalue weighted by atomic mass is 9.61. The molecule has 2 aliphatic carbocycles. The van der Waals surface area contributed by atoms with Crippen LogP contribution in [0.5, 0.6) is 0 Å². The van der Waals surface area contributed by atoms with E-state index in [1.165, 1.54) is 44.1 Å². The molecule has 1 aromatic heterocycles. The van der Waals surface area contributed by atoms with Crippen LogP contribution in [0.2, 0.25) is 0 Å². The third-order valence-corrected chi connectivity index (χ3v) is 12.6. The van der Waals surface area contributed by atoms with E-state index >= 15 is 0 Å². The van der Waals surface area contributed by atoms with Crippen molar-refractivity contribution in [1.29, 1.82) is 0 Å². The van der Waals surface area contributed by atoms with E-state index in [9.17, 15) is 14.4 Å². The van der Waals surface area contributed by atoms with E-state index in [1.54, 1.807) is 39.5 Å². The largest absolute Gasteiger partial charge is 0.460 e. The zero-order valence-electron chi connectivity index (χ0n) is 25.4. The number of thioether (sulfide) groups is 1. The van der Waals surface area contributed by atoms with Crippen molar-refractivity contribution in [3.8, 4) is 0 Å². The molecule has 3 amide bonds. The summed E-state index contributed by atoms with van der Waals surface area (Å²) in [5.74, 6) is 3.51. The Morgan fingerprint density at radius 3 is 2.64 bits per heavy atom. The number of nitrogens with zero attached hydrogens (tertiary/aromatic N) is 2. The van der Waals surface area contributed by atoms with Crippen LogP contribution < -0.4 is 5.32 Å². The maximum absolute atomic E-state index is 13.3. The van der Waals surface area contributed by atoms with E-state index < -0.39 is 6.04 Å². The van der Waals surface area contributed by atoms with Crippen LogP contribution in [0.4, 0.5) is 0 Å². The van der Waals surface area contributed by atoms with Crippen LogP contribution in [0.1, 0.15) is 92.5 Å². The first-order valence-corrected chi connectivity index (χ1v) is 18.0. The summed E-state index contributed by atoms with van der Waals surface area (Å²) >= 11 is 3.41. The van der Waals surface area contributed by atoms with Gasteiger partial charge < -0.3 is 14.6 Å². The van der Waals surface area contributed by atoms with Gasteiger partial charge in [-0.15, -0.1) is 11.8 Å². The zero-order chi connectivity index (χ0) is 30.6. The normalized spacial score (nSPS) is 28.7. The molecule has 3 atom stereocenters. The molecule has 44 heavy (non-hydrogen) atoms. The first-order valence-electron chi connectivity index (χ1n) is 16.1. The van der Waals surface area contributed by atoms with Crippen LogP contribution in [0.3, 0.4) is 0 Å². The standard InChI is InChI=1S/C35H40IN3O4S/c1-3-35(16-23-11-21(2)12-24(13-23)17-35)37-18-22-7-9-30-25(14-22)15-26(43-30)20-44-31-6-4-5-27-28(31)19-38(33(27)41)29-8-10-32(40)39(36)34(29)42/h4-7,9,14-15,21,23-24,29,37H,3,8,10-13,16-20H2,1-2H3. The van der Waals surface area contributed by atoms with Crippen LogP contribution in [0.15, 0.2) is 51.8 Å². The van der Waals surface area contributed by atoms with Gasteiger partial charge in [0.1, 0.15) is 17.4 Å². The number of benzene rings is 2. The number of amides is 3. The van der Waals surface area contributed by atoms with Crippen LogP contribution in [-0.4, -0.2) is 37.3 Å². The maximum Gasteiger partial charge on any atom is 0.260 e. The van der Waals surface area contributed by atoms with Gasteiger partial charge in [-0.3, -0.25) is 14.4 Å². The van der Waals surface area contributed by atoms with Gasteiger partial charge in [-0.25, -0.2) is 3.11 Å². The van der Waals surface area contributed by atoms with E-state index in [0.29, 0.717) is 24.3 Å². The van der Waals surface area contributed by atoms with E-state index in [2.05, 4.69) is 43.4 Å². The smallest absolute Gasteiger partial charge is 0.260 e. The Morgan fingerprint density at radius 2 is 1.86 bits per heavy atom. The number of hydrogen-bond acceptors (Lipinski definition) is 6. The second kappa shape index (κ2) is 12.1. The van der Waals surface area contributed by atoms with Gasteiger partial charge in [-0.05, 0) is 104 Å². The van der Waals surface area contributed by atoms with Gasteiger partial charge in [0.15, 0.2) is 0 Å². The molecular formula is C35H40IN3O4S. The Bertz CT molecular complexity index is 1600. The van der Waals surface area contributed by atoms with Crippen molar-refractivity contribution in [2.45, 2.75) is 101 Å². The molecule has 3 heterocycles. The second-order valence-corrected chi connectivity index (χ2v) is 15.6. The van der Waals surface area contributed by atoms with Crippen molar-refractivity contribution >= 4 is 63.3 Å². The Balaban J connectivity index is 1.01. The van der Waals surface area contributed by atoms with Gasteiger partial charge >= 0.3 is 0 Å². The molecule has 1 N–H and O–H groups in total. The van der Waals surface area contributed by atoms with E-state index in [-0.39, 0.29) is 29.7 Å². The lowest BCUT2D eigenvalue weighted by molar-refractivity contribution is -0.143. The molecule has 4 aliphatic rings. The van der Waals surface area contributed by atoms with E-state index in [1.807, 2.05) is 18.2 Å². The Morgan fingerprint density at radius 1 is 1.07 bits per heavy atom. The number of carbonyl (C=O) groups is 3. The average Bonchev–Trinajstić information content (AvgIpc) is 3.57. The minimum Gasteiger partial charge on any atom is -0.460 e. The van der Waals surface area contributed by atoms with Crippen LogP contribution in [0.25, 0.3) is 11.0 Å². The fourth-order valence-corrected chi connectivity index (χ4v) is 10.0. The highest BCUT2D eigenvalue weighted by Crippen LogP contribution is 2.47. The molecule has 2 saturated carbocycles. The molecule has 7 rings (SSSR count). The Kier molecular flexibility index (Phi) is 8.33. The van der Waals surface area contributed by atoms with Gasteiger partial charge in [0.2, 0.25) is 5.91 Å². The number of piperidine rings is 1. The van der Waals surface area contributed by atoms with Gasteiger partial charge in [0.05, 0.1) is 28.6 Å². The molecule has 0 radical (unpaired) electrons. The summed E-state index contributed by atoms with van der Waals surface area (Å²) in [7, 11) is 0. The average molecular weight is 726 g/mol. The molecule has 9 heteroatoms.